The Morgan fingerprint density at radius 1 is 1.67 bits per heavy atom. The molecule has 0 aromatic rings. The smallest absolute Gasteiger partial charge is 0 e. The topological polar surface area (TPSA) is 12.0 Å². The van der Waals surface area contributed by atoms with Crippen molar-refractivity contribution in [2.45, 2.75) is 25.3 Å². The zero-order chi connectivity index (χ0) is 5.82. The first kappa shape index (κ1) is 10.1. The van der Waals surface area contributed by atoms with Crippen LogP contribution in [0, 0.1) is 13.3 Å². The van der Waals surface area contributed by atoms with E-state index in [0.29, 0.717) is 6.04 Å². The molecule has 1 fully saturated rings. The quantitative estimate of drug-likeness (QED) is 0.626. The average molecular weight is 200 g/mol. The summed E-state index contributed by atoms with van der Waals surface area (Å²) in [6.07, 6.45) is 5.89. The summed E-state index contributed by atoms with van der Waals surface area (Å²) in [6.45, 7) is 4.99. The van der Waals surface area contributed by atoms with Gasteiger partial charge in [0.05, 0.1) is 0 Å². The third-order valence-electron chi connectivity index (χ3n) is 1.55. The van der Waals surface area contributed by atoms with E-state index >= 15 is 0 Å². The summed E-state index contributed by atoms with van der Waals surface area (Å²) in [6, 6.07) is 0.601. The van der Waals surface area contributed by atoms with Crippen molar-refractivity contribution < 1.29 is 32.7 Å². The van der Waals surface area contributed by atoms with Crippen molar-refractivity contribution in [3.05, 3.63) is 13.3 Å². The molecule has 0 aliphatic carbocycles. The number of hydrogen-bond donors (Lipinski definition) is 1. The molecule has 51 valence electrons. The third-order valence-corrected chi connectivity index (χ3v) is 1.55. The molecule has 1 aliphatic rings. The van der Waals surface area contributed by atoms with Crippen molar-refractivity contribution in [2.75, 3.05) is 6.54 Å². The van der Waals surface area contributed by atoms with Gasteiger partial charge in [-0.05, 0) is 6.54 Å². The second-order valence-electron chi connectivity index (χ2n) is 2.23. The third kappa shape index (κ3) is 3.69. The Morgan fingerprint density at radius 3 is 2.78 bits per heavy atom. The maximum Gasteiger partial charge on any atom is 0 e. The van der Waals surface area contributed by atoms with Crippen LogP contribution in [0.25, 0.3) is 0 Å². The maximum absolute atomic E-state index is 3.82. The molecule has 0 aromatic heterocycles. The fourth-order valence-corrected chi connectivity index (χ4v) is 1.01. The SMILES string of the molecule is [CH2-]CC1[CH-]CCCN1.[Y]. The molecule has 1 nitrogen and oxygen atoms in total. The van der Waals surface area contributed by atoms with Gasteiger partial charge in [0, 0.05) is 32.7 Å². The summed E-state index contributed by atoms with van der Waals surface area (Å²) < 4.78 is 0. The van der Waals surface area contributed by atoms with Gasteiger partial charge in [-0.25, -0.2) is 0 Å². The predicted octanol–water partition coefficient (Wildman–Crippen LogP) is 1.16. The van der Waals surface area contributed by atoms with Gasteiger partial charge in [0.2, 0.25) is 0 Å². The van der Waals surface area contributed by atoms with Gasteiger partial charge < -0.3 is 18.7 Å². The van der Waals surface area contributed by atoms with E-state index in [1.165, 1.54) is 19.4 Å². The molecule has 1 aliphatic heterocycles. The molecule has 1 rings (SSSR count). The van der Waals surface area contributed by atoms with Crippen molar-refractivity contribution >= 4 is 0 Å². The zero-order valence-corrected chi connectivity index (χ0v) is 8.61. The number of nitrogens with one attached hydrogen (secondary N) is 1. The molecule has 1 radical (unpaired) electrons. The first-order valence-corrected chi connectivity index (χ1v) is 3.29. The Kier molecular flexibility index (Phi) is 6.51. The summed E-state index contributed by atoms with van der Waals surface area (Å²) in [5, 5.41) is 3.35. The Balaban J connectivity index is 0.000000640. The molecule has 9 heavy (non-hydrogen) atoms. The minimum atomic E-state index is 0. The number of hydrogen-bond acceptors (Lipinski definition) is 1. The van der Waals surface area contributed by atoms with Crippen molar-refractivity contribution in [1.82, 2.24) is 5.32 Å². The minimum absolute atomic E-state index is 0. The molecule has 0 bridgehead atoms. The summed E-state index contributed by atoms with van der Waals surface area (Å²) in [5.74, 6) is 0. The molecule has 1 atom stereocenters. The second-order valence-corrected chi connectivity index (χ2v) is 2.23. The fraction of sp³-hybridized carbons (Fsp3) is 0.714. The summed E-state index contributed by atoms with van der Waals surface area (Å²) in [5.41, 5.74) is 0. The summed E-state index contributed by atoms with van der Waals surface area (Å²) in [7, 11) is 0. The van der Waals surface area contributed by atoms with Crippen molar-refractivity contribution in [3.8, 4) is 0 Å². The summed E-state index contributed by atoms with van der Waals surface area (Å²) >= 11 is 0. The van der Waals surface area contributed by atoms with Gasteiger partial charge >= 0.3 is 0 Å². The fourth-order valence-electron chi connectivity index (χ4n) is 1.01. The molecule has 1 N–H and O–H groups in total. The Morgan fingerprint density at radius 2 is 2.44 bits per heavy atom. The van der Waals surface area contributed by atoms with Gasteiger partial charge in [0.25, 0.3) is 0 Å². The van der Waals surface area contributed by atoms with Crippen molar-refractivity contribution in [3.63, 3.8) is 0 Å². The molecular formula is C7H13NY-2. The van der Waals surface area contributed by atoms with E-state index in [2.05, 4.69) is 18.7 Å². The zero-order valence-electron chi connectivity index (χ0n) is 5.77. The van der Waals surface area contributed by atoms with E-state index in [-0.39, 0.29) is 32.7 Å². The number of rotatable bonds is 1. The van der Waals surface area contributed by atoms with Gasteiger partial charge in [-0.1, -0.05) is 6.42 Å². The molecule has 2 heteroatoms. The van der Waals surface area contributed by atoms with Crippen LogP contribution in [-0.4, -0.2) is 12.6 Å². The van der Waals surface area contributed by atoms with Crippen LogP contribution >= 0.6 is 0 Å². The van der Waals surface area contributed by atoms with Gasteiger partial charge in [0.15, 0.2) is 0 Å². The minimum Gasteiger partial charge on any atom is -0.346 e. The van der Waals surface area contributed by atoms with E-state index in [9.17, 15) is 0 Å². The molecule has 1 saturated heterocycles. The van der Waals surface area contributed by atoms with Gasteiger partial charge in [-0.3, -0.25) is 0 Å². The first-order chi connectivity index (χ1) is 3.93. The number of piperidine rings is 1. The predicted molar refractivity (Wildman–Crippen MR) is 35.3 cm³/mol. The van der Waals surface area contributed by atoms with Crippen LogP contribution in [0.15, 0.2) is 0 Å². The summed E-state index contributed by atoms with van der Waals surface area (Å²) in [4.78, 5) is 0. The van der Waals surface area contributed by atoms with Crippen LogP contribution in [0.4, 0.5) is 0 Å². The molecule has 0 aromatic carbocycles. The Labute approximate surface area is 82.9 Å². The van der Waals surface area contributed by atoms with Crippen molar-refractivity contribution in [1.29, 1.82) is 0 Å². The van der Waals surface area contributed by atoms with Gasteiger partial charge in [-0.2, -0.15) is 12.8 Å². The largest absolute Gasteiger partial charge is 0.346 e. The Bertz CT molecular complexity index is 59.9. The molecule has 0 amide bonds. The van der Waals surface area contributed by atoms with Crippen LogP contribution in [-0.2, 0) is 32.7 Å². The normalized spacial score (nSPS) is 27.0. The van der Waals surface area contributed by atoms with Crippen LogP contribution in [0.5, 0.6) is 0 Å². The van der Waals surface area contributed by atoms with E-state index in [0.717, 1.165) is 6.42 Å². The van der Waals surface area contributed by atoms with Gasteiger partial charge in [-0.15, -0.1) is 6.04 Å². The second kappa shape index (κ2) is 5.82. The van der Waals surface area contributed by atoms with Crippen molar-refractivity contribution in [2.24, 2.45) is 0 Å². The molecule has 0 spiro atoms. The van der Waals surface area contributed by atoms with Gasteiger partial charge in [0.1, 0.15) is 0 Å². The van der Waals surface area contributed by atoms with Crippen LogP contribution < -0.4 is 5.32 Å². The average Bonchev–Trinajstić information content (AvgIpc) is 1.90. The van der Waals surface area contributed by atoms with E-state index in [1.807, 2.05) is 0 Å². The molecule has 0 saturated carbocycles. The molecular weight excluding hydrogens is 187 g/mol. The molecule has 1 unspecified atom stereocenters. The van der Waals surface area contributed by atoms with E-state index in [1.54, 1.807) is 0 Å². The molecule has 1 heterocycles. The van der Waals surface area contributed by atoms with Crippen LogP contribution in [0.2, 0.25) is 0 Å². The van der Waals surface area contributed by atoms with E-state index < -0.39 is 0 Å². The Hall–Kier alpha value is 1.06. The maximum atomic E-state index is 3.82. The monoisotopic (exact) mass is 200 g/mol. The van der Waals surface area contributed by atoms with Crippen LogP contribution in [0.1, 0.15) is 19.3 Å². The van der Waals surface area contributed by atoms with Crippen LogP contribution in [0.3, 0.4) is 0 Å². The first-order valence-electron chi connectivity index (χ1n) is 3.29. The standard InChI is InChI=1S/C7H13N.Y/c1-2-7-5-3-4-6-8-7;/h5,7-8H,1-4,6H2;/q-2;. The van der Waals surface area contributed by atoms with E-state index in [4.69, 9.17) is 0 Å².